The van der Waals surface area contributed by atoms with Crippen molar-refractivity contribution < 1.29 is 4.79 Å². The van der Waals surface area contributed by atoms with Gasteiger partial charge in [0.1, 0.15) is 0 Å². The summed E-state index contributed by atoms with van der Waals surface area (Å²) in [5.74, 6) is -0.286. The molecule has 2 N–H and O–H groups in total. The number of aryl methyl sites for hydroxylation is 1. The summed E-state index contributed by atoms with van der Waals surface area (Å²) in [4.78, 5) is 36.2. The summed E-state index contributed by atoms with van der Waals surface area (Å²) in [5.41, 5.74) is -0.510. The molecule has 0 fully saturated rings. The first-order chi connectivity index (χ1) is 9.95. The van der Waals surface area contributed by atoms with Gasteiger partial charge in [-0.05, 0) is 18.2 Å². The van der Waals surface area contributed by atoms with Crippen LogP contribution in [0, 0.1) is 0 Å². The zero-order valence-electron chi connectivity index (χ0n) is 10.7. The van der Waals surface area contributed by atoms with Crippen molar-refractivity contribution in [1.29, 1.82) is 0 Å². The number of hydrogen-bond acceptors (Lipinski definition) is 3. The van der Waals surface area contributed by atoms with Crippen molar-refractivity contribution in [3.8, 4) is 0 Å². The summed E-state index contributed by atoms with van der Waals surface area (Å²) >= 11 is 11.6. The van der Waals surface area contributed by atoms with Crippen molar-refractivity contribution in [3.63, 3.8) is 0 Å². The molecule has 1 amide bonds. The van der Waals surface area contributed by atoms with Gasteiger partial charge in [0.2, 0.25) is 5.91 Å². The molecule has 1 aromatic heterocycles. The van der Waals surface area contributed by atoms with Crippen LogP contribution in [0.25, 0.3) is 0 Å². The van der Waals surface area contributed by atoms with Crippen LogP contribution in [0.4, 0.5) is 5.69 Å². The summed E-state index contributed by atoms with van der Waals surface area (Å²) in [6.45, 7) is 0.156. The molecule has 2 rings (SSSR count). The Morgan fingerprint density at radius 2 is 1.95 bits per heavy atom. The van der Waals surface area contributed by atoms with Crippen LogP contribution in [0.1, 0.15) is 6.42 Å². The molecule has 0 aliphatic carbocycles. The van der Waals surface area contributed by atoms with E-state index in [-0.39, 0.29) is 18.9 Å². The fourth-order valence-electron chi connectivity index (χ4n) is 1.64. The normalized spacial score (nSPS) is 10.4. The Balaban J connectivity index is 1.97. The number of hydrogen-bond donors (Lipinski definition) is 2. The Morgan fingerprint density at radius 3 is 2.62 bits per heavy atom. The maximum absolute atomic E-state index is 11.8. The van der Waals surface area contributed by atoms with Crippen LogP contribution in [-0.2, 0) is 11.3 Å². The van der Waals surface area contributed by atoms with E-state index < -0.39 is 11.2 Å². The molecule has 0 atom stereocenters. The topological polar surface area (TPSA) is 84.0 Å². The van der Waals surface area contributed by atoms with Crippen LogP contribution in [0.15, 0.2) is 40.1 Å². The van der Waals surface area contributed by atoms with Crippen LogP contribution in [0.3, 0.4) is 0 Å². The highest BCUT2D eigenvalue weighted by Crippen LogP contribution is 2.24. The lowest BCUT2D eigenvalue weighted by Gasteiger charge is -2.07. The highest BCUT2D eigenvalue weighted by atomic mass is 35.5. The number of anilines is 1. The Hall–Kier alpha value is -2.05. The lowest BCUT2D eigenvalue weighted by Crippen LogP contribution is -2.29. The van der Waals surface area contributed by atoms with E-state index >= 15 is 0 Å². The smallest absolute Gasteiger partial charge is 0.326 e. The van der Waals surface area contributed by atoms with E-state index in [0.717, 1.165) is 0 Å². The molecule has 0 saturated carbocycles. The highest BCUT2D eigenvalue weighted by Gasteiger charge is 2.06. The molecule has 1 aromatic carbocycles. The van der Waals surface area contributed by atoms with Gasteiger partial charge in [0.25, 0.3) is 5.56 Å². The number of nitrogens with one attached hydrogen (secondary N) is 2. The van der Waals surface area contributed by atoms with Gasteiger partial charge in [-0.15, -0.1) is 0 Å². The van der Waals surface area contributed by atoms with Gasteiger partial charge >= 0.3 is 5.69 Å². The zero-order valence-corrected chi connectivity index (χ0v) is 12.2. The monoisotopic (exact) mass is 327 g/mol. The minimum Gasteiger partial charge on any atom is -0.326 e. The third-order valence-corrected chi connectivity index (χ3v) is 3.42. The molecule has 2 aromatic rings. The third-order valence-electron chi connectivity index (χ3n) is 2.68. The highest BCUT2D eigenvalue weighted by molar-refractivity contribution is 6.42. The van der Waals surface area contributed by atoms with Crippen LogP contribution in [0.2, 0.25) is 10.0 Å². The van der Waals surface area contributed by atoms with Crippen LogP contribution >= 0.6 is 23.2 Å². The van der Waals surface area contributed by atoms with Gasteiger partial charge in [-0.2, -0.15) is 0 Å². The molecule has 0 aliphatic rings. The summed E-state index contributed by atoms with van der Waals surface area (Å²) < 4.78 is 1.25. The zero-order chi connectivity index (χ0) is 15.4. The summed E-state index contributed by atoms with van der Waals surface area (Å²) in [6, 6.07) is 5.95. The lowest BCUT2D eigenvalue weighted by molar-refractivity contribution is -0.116. The van der Waals surface area contributed by atoms with Gasteiger partial charge in [0, 0.05) is 30.9 Å². The fraction of sp³-hybridized carbons (Fsp3) is 0.154. The molecule has 0 unspecified atom stereocenters. The standard InChI is InChI=1S/C13H11Cl2N3O3/c14-9-2-1-8(7-10(9)15)16-11(19)3-5-18-6-4-12(20)17-13(18)21/h1-2,4,6-7H,3,5H2,(H,16,19)(H,17,20,21). The largest absolute Gasteiger partial charge is 0.328 e. The van der Waals surface area contributed by atoms with E-state index in [9.17, 15) is 14.4 Å². The number of nitrogens with zero attached hydrogens (tertiary/aromatic N) is 1. The number of aromatic amines is 1. The third kappa shape index (κ3) is 4.21. The molecule has 0 radical (unpaired) electrons. The number of carbonyl (C=O) groups is 1. The van der Waals surface area contributed by atoms with Gasteiger partial charge in [-0.3, -0.25) is 14.6 Å². The van der Waals surface area contributed by atoms with E-state index in [4.69, 9.17) is 23.2 Å². The van der Waals surface area contributed by atoms with Crippen molar-refractivity contribution >= 4 is 34.8 Å². The summed E-state index contributed by atoms with van der Waals surface area (Å²) in [5, 5.41) is 3.38. The second-order valence-corrected chi connectivity index (χ2v) is 5.05. The predicted octanol–water partition coefficient (Wildman–Crippen LogP) is 1.87. The molecule has 1 heterocycles. The van der Waals surface area contributed by atoms with Crippen molar-refractivity contribution in [2.24, 2.45) is 0 Å². The van der Waals surface area contributed by atoms with Crippen LogP contribution in [0.5, 0.6) is 0 Å². The number of amides is 1. The molecular weight excluding hydrogens is 317 g/mol. The van der Waals surface area contributed by atoms with E-state index in [1.54, 1.807) is 12.1 Å². The van der Waals surface area contributed by atoms with E-state index in [1.165, 1.54) is 22.9 Å². The first-order valence-corrected chi connectivity index (χ1v) is 6.76. The Kier molecular flexibility index (Phi) is 4.82. The molecule has 0 saturated heterocycles. The Morgan fingerprint density at radius 1 is 1.19 bits per heavy atom. The van der Waals surface area contributed by atoms with Gasteiger partial charge in [0.05, 0.1) is 10.0 Å². The molecule has 21 heavy (non-hydrogen) atoms. The van der Waals surface area contributed by atoms with Crippen molar-refractivity contribution in [1.82, 2.24) is 9.55 Å². The second kappa shape index (κ2) is 6.60. The molecule has 0 spiro atoms. The molecular formula is C13H11Cl2N3O3. The molecule has 0 bridgehead atoms. The number of rotatable bonds is 4. The molecule has 6 nitrogen and oxygen atoms in total. The fourth-order valence-corrected chi connectivity index (χ4v) is 1.94. The summed E-state index contributed by atoms with van der Waals surface area (Å²) in [7, 11) is 0. The SMILES string of the molecule is O=C(CCn1ccc(=O)[nH]c1=O)Nc1ccc(Cl)c(Cl)c1. The van der Waals surface area contributed by atoms with Gasteiger partial charge in [0.15, 0.2) is 0 Å². The average molecular weight is 328 g/mol. The number of aromatic nitrogens is 2. The van der Waals surface area contributed by atoms with Crippen LogP contribution < -0.4 is 16.6 Å². The number of benzene rings is 1. The first-order valence-electron chi connectivity index (χ1n) is 6.00. The summed E-state index contributed by atoms with van der Waals surface area (Å²) in [6.07, 6.45) is 1.42. The quantitative estimate of drug-likeness (QED) is 0.899. The van der Waals surface area contributed by atoms with Crippen molar-refractivity contribution in [2.45, 2.75) is 13.0 Å². The molecule has 8 heteroatoms. The van der Waals surface area contributed by atoms with E-state index in [2.05, 4.69) is 10.3 Å². The lowest BCUT2D eigenvalue weighted by atomic mass is 10.3. The van der Waals surface area contributed by atoms with Crippen molar-refractivity contribution in [2.75, 3.05) is 5.32 Å². The second-order valence-electron chi connectivity index (χ2n) is 4.23. The minimum absolute atomic E-state index is 0.0756. The van der Waals surface area contributed by atoms with E-state index in [0.29, 0.717) is 15.7 Å². The van der Waals surface area contributed by atoms with Gasteiger partial charge in [-0.25, -0.2) is 4.79 Å². The predicted molar refractivity (Wildman–Crippen MR) is 81.0 cm³/mol. The number of halogens is 2. The maximum atomic E-state index is 11.8. The first kappa shape index (κ1) is 15.3. The van der Waals surface area contributed by atoms with Gasteiger partial charge < -0.3 is 9.88 Å². The maximum Gasteiger partial charge on any atom is 0.328 e. The van der Waals surface area contributed by atoms with Crippen LogP contribution in [-0.4, -0.2) is 15.5 Å². The Labute approximate surface area is 129 Å². The van der Waals surface area contributed by atoms with Crippen molar-refractivity contribution in [3.05, 3.63) is 61.3 Å². The average Bonchev–Trinajstić information content (AvgIpc) is 2.42. The minimum atomic E-state index is -0.551. The number of carbonyl (C=O) groups excluding carboxylic acids is 1. The van der Waals surface area contributed by atoms with Gasteiger partial charge in [-0.1, -0.05) is 23.2 Å². The van der Waals surface area contributed by atoms with E-state index in [1.807, 2.05) is 0 Å². The number of H-pyrrole nitrogens is 1. The Bertz CT molecular complexity index is 783. The molecule has 0 aliphatic heterocycles. The molecule has 110 valence electrons.